The Balaban J connectivity index is 1.61. The van der Waals surface area contributed by atoms with Gasteiger partial charge >= 0.3 is 6.03 Å². The van der Waals surface area contributed by atoms with Crippen molar-refractivity contribution in [2.75, 3.05) is 26.2 Å². The minimum Gasteiger partial charge on any atom is -0.393 e. The standard InChI is InChI=1S/C21H26ClN3O2/c1-15(26)16-5-9-24(10-6-16)21(27)25-11-7-17(8-12-25)20(14-23)18-3-2-4-19(22)13-18/h2-4,13,15-16,26H,5-12H2,1H3. The van der Waals surface area contributed by atoms with E-state index in [0.717, 1.165) is 24.0 Å². The van der Waals surface area contributed by atoms with Crippen molar-refractivity contribution in [1.29, 1.82) is 5.26 Å². The fraction of sp³-hybridized carbons (Fsp3) is 0.524. The van der Waals surface area contributed by atoms with Crippen molar-refractivity contribution in [2.45, 2.75) is 38.7 Å². The van der Waals surface area contributed by atoms with Gasteiger partial charge < -0.3 is 14.9 Å². The third-order valence-electron chi connectivity index (χ3n) is 5.71. The number of rotatable bonds is 2. The molecule has 2 amide bonds. The molecule has 2 heterocycles. The first-order chi connectivity index (χ1) is 13.0. The van der Waals surface area contributed by atoms with Crippen LogP contribution in [-0.2, 0) is 0 Å². The van der Waals surface area contributed by atoms with Gasteiger partial charge in [-0.3, -0.25) is 0 Å². The molecule has 1 atom stereocenters. The van der Waals surface area contributed by atoms with Gasteiger partial charge in [-0.25, -0.2) is 4.79 Å². The molecule has 144 valence electrons. The average molecular weight is 388 g/mol. The zero-order valence-corrected chi connectivity index (χ0v) is 16.5. The third kappa shape index (κ3) is 4.63. The Hall–Kier alpha value is -2.03. The van der Waals surface area contributed by atoms with E-state index in [1.54, 1.807) is 6.07 Å². The summed E-state index contributed by atoms with van der Waals surface area (Å²) in [6.45, 7) is 4.51. The number of aliphatic hydroxyl groups is 1. The number of halogens is 1. The minimum absolute atomic E-state index is 0.0827. The number of hydrogen-bond donors (Lipinski definition) is 1. The van der Waals surface area contributed by atoms with Gasteiger partial charge in [0.25, 0.3) is 0 Å². The van der Waals surface area contributed by atoms with Crippen LogP contribution < -0.4 is 0 Å². The quantitative estimate of drug-likeness (QED) is 0.782. The lowest BCUT2D eigenvalue weighted by molar-refractivity contribution is 0.0712. The molecule has 0 bridgehead atoms. The zero-order valence-electron chi connectivity index (χ0n) is 15.7. The summed E-state index contributed by atoms with van der Waals surface area (Å²) in [5.74, 6) is 0.292. The van der Waals surface area contributed by atoms with E-state index in [4.69, 9.17) is 11.6 Å². The Bertz CT molecular complexity index is 751. The number of hydrogen-bond acceptors (Lipinski definition) is 3. The number of carbonyl (C=O) groups excluding carboxylic acids is 1. The monoisotopic (exact) mass is 387 g/mol. The number of benzene rings is 1. The highest BCUT2D eigenvalue weighted by atomic mass is 35.5. The first kappa shape index (κ1) is 19.7. The molecule has 2 aliphatic heterocycles. The second-order valence-corrected chi connectivity index (χ2v) is 7.87. The number of nitrogens with zero attached hydrogens (tertiary/aromatic N) is 3. The summed E-state index contributed by atoms with van der Waals surface area (Å²) in [6, 6.07) is 9.78. The fourth-order valence-corrected chi connectivity index (χ4v) is 4.17. The summed E-state index contributed by atoms with van der Waals surface area (Å²) in [7, 11) is 0. The topological polar surface area (TPSA) is 67.6 Å². The van der Waals surface area contributed by atoms with Gasteiger partial charge in [0.2, 0.25) is 0 Å². The smallest absolute Gasteiger partial charge is 0.320 e. The van der Waals surface area contributed by atoms with E-state index in [9.17, 15) is 15.2 Å². The van der Waals surface area contributed by atoms with Crippen molar-refractivity contribution in [3.8, 4) is 6.07 Å². The van der Waals surface area contributed by atoms with E-state index >= 15 is 0 Å². The molecular weight excluding hydrogens is 362 g/mol. The van der Waals surface area contributed by atoms with Crippen LogP contribution in [0.3, 0.4) is 0 Å². The number of nitriles is 1. The number of likely N-dealkylation sites (tertiary alicyclic amines) is 2. The Morgan fingerprint density at radius 1 is 1.22 bits per heavy atom. The summed E-state index contributed by atoms with van der Waals surface area (Å²) >= 11 is 6.06. The van der Waals surface area contributed by atoms with Gasteiger partial charge in [-0.05, 0) is 61.8 Å². The number of aliphatic hydroxyl groups excluding tert-OH is 1. The van der Waals surface area contributed by atoms with Crippen LogP contribution in [0, 0.1) is 17.2 Å². The molecule has 1 N–H and O–H groups in total. The van der Waals surface area contributed by atoms with Crippen molar-refractivity contribution in [3.05, 3.63) is 40.4 Å². The SMILES string of the molecule is CC(O)C1CCN(C(=O)N2CCC(=C(C#N)c3cccc(Cl)c3)CC2)CC1. The molecule has 2 fully saturated rings. The number of amides is 2. The van der Waals surface area contributed by atoms with Crippen LogP contribution in [0.1, 0.15) is 38.2 Å². The van der Waals surface area contributed by atoms with E-state index in [0.29, 0.717) is 55.5 Å². The van der Waals surface area contributed by atoms with Crippen LogP contribution in [0.5, 0.6) is 0 Å². The first-order valence-corrected chi connectivity index (χ1v) is 9.97. The van der Waals surface area contributed by atoms with Gasteiger partial charge in [0.1, 0.15) is 0 Å². The molecule has 3 rings (SSSR count). The van der Waals surface area contributed by atoms with Crippen molar-refractivity contribution in [2.24, 2.45) is 5.92 Å². The van der Waals surface area contributed by atoms with Crippen LogP contribution in [0.4, 0.5) is 4.79 Å². The second kappa shape index (κ2) is 8.77. The lowest BCUT2D eigenvalue weighted by Crippen LogP contribution is -2.49. The predicted octanol–water partition coefficient (Wildman–Crippen LogP) is 3.93. The lowest BCUT2D eigenvalue weighted by atomic mass is 9.92. The Labute approximate surface area is 165 Å². The summed E-state index contributed by atoms with van der Waals surface area (Å²) in [4.78, 5) is 16.6. The molecule has 0 spiro atoms. The van der Waals surface area contributed by atoms with Gasteiger partial charge in [0.15, 0.2) is 0 Å². The maximum absolute atomic E-state index is 12.8. The summed E-state index contributed by atoms with van der Waals surface area (Å²) < 4.78 is 0. The molecule has 5 nitrogen and oxygen atoms in total. The molecular formula is C21H26ClN3O2. The average Bonchev–Trinajstić information content (AvgIpc) is 2.69. The second-order valence-electron chi connectivity index (χ2n) is 7.44. The van der Waals surface area contributed by atoms with Gasteiger partial charge in [-0.15, -0.1) is 0 Å². The highest BCUT2D eigenvalue weighted by Gasteiger charge is 2.29. The van der Waals surface area contributed by atoms with Crippen LogP contribution in [0.25, 0.3) is 5.57 Å². The third-order valence-corrected chi connectivity index (χ3v) is 5.94. The molecule has 0 saturated carbocycles. The van der Waals surface area contributed by atoms with Crippen molar-refractivity contribution in [3.63, 3.8) is 0 Å². The summed E-state index contributed by atoms with van der Waals surface area (Å²) in [6.07, 6.45) is 2.84. The number of urea groups is 1. The first-order valence-electron chi connectivity index (χ1n) is 9.59. The normalized spacial score (nSPS) is 19.6. The maximum Gasteiger partial charge on any atom is 0.320 e. The van der Waals surface area contributed by atoms with Gasteiger partial charge in [0, 0.05) is 31.2 Å². The Kier molecular flexibility index (Phi) is 6.41. The molecule has 0 radical (unpaired) electrons. The van der Waals surface area contributed by atoms with E-state index in [1.807, 2.05) is 34.9 Å². The number of allylic oxidation sites excluding steroid dienone is 1. The van der Waals surface area contributed by atoms with Crippen LogP contribution in [0.15, 0.2) is 29.8 Å². The molecule has 1 unspecified atom stereocenters. The number of piperidine rings is 2. The van der Waals surface area contributed by atoms with E-state index in [-0.39, 0.29) is 12.1 Å². The molecule has 6 heteroatoms. The molecule has 2 saturated heterocycles. The van der Waals surface area contributed by atoms with Crippen LogP contribution in [-0.4, -0.2) is 53.2 Å². The summed E-state index contributed by atoms with van der Waals surface area (Å²) in [5.41, 5.74) is 2.62. The Morgan fingerprint density at radius 3 is 2.41 bits per heavy atom. The predicted molar refractivity (Wildman–Crippen MR) is 106 cm³/mol. The van der Waals surface area contributed by atoms with Crippen LogP contribution in [0.2, 0.25) is 5.02 Å². The van der Waals surface area contributed by atoms with Gasteiger partial charge in [-0.2, -0.15) is 5.26 Å². The largest absolute Gasteiger partial charge is 0.393 e. The Morgan fingerprint density at radius 2 is 1.85 bits per heavy atom. The van der Waals surface area contributed by atoms with Gasteiger partial charge in [-0.1, -0.05) is 23.7 Å². The van der Waals surface area contributed by atoms with E-state index < -0.39 is 0 Å². The lowest BCUT2D eigenvalue weighted by Gasteiger charge is -2.38. The minimum atomic E-state index is -0.305. The molecule has 0 aliphatic carbocycles. The van der Waals surface area contributed by atoms with Crippen molar-refractivity contribution >= 4 is 23.2 Å². The molecule has 1 aromatic carbocycles. The zero-order chi connectivity index (χ0) is 19.4. The molecule has 0 aromatic heterocycles. The van der Waals surface area contributed by atoms with Crippen molar-refractivity contribution in [1.82, 2.24) is 9.80 Å². The highest BCUT2D eigenvalue weighted by Crippen LogP contribution is 2.29. The van der Waals surface area contributed by atoms with Crippen molar-refractivity contribution < 1.29 is 9.90 Å². The highest BCUT2D eigenvalue weighted by molar-refractivity contribution is 6.30. The molecule has 1 aromatic rings. The summed E-state index contributed by atoms with van der Waals surface area (Å²) in [5, 5.41) is 19.9. The van der Waals surface area contributed by atoms with E-state index in [2.05, 4.69) is 6.07 Å². The van der Waals surface area contributed by atoms with Gasteiger partial charge in [0.05, 0.1) is 17.7 Å². The molecule has 2 aliphatic rings. The van der Waals surface area contributed by atoms with Crippen LogP contribution >= 0.6 is 11.6 Å². The maximum atomic E-state index is 12.8. The number of carbonyl (C=O) groups is 1. The fourth-order valence-electron chi connectivity index (χ4n) is 3.98. The molecule has 27 heavy (non-hydrogen) atoms. The van der Waals surface area contributed by atoms with E-state index in [1.165, 1.54) is 0 Å².